The number of ether oxygens (including phenoxy) is 1. The van der Waals surface area contributed by atoms with Gasteiger partial charge in [-0.25, -0.2) is 4.98 Å². The molecule has 0 spiro atoms. The Morgan fingerprint density at radius 2 is 2.16 bits per heavy atom. The summed E-state index contributed by atoms with van der Waals surface area (Å²) in [5, 5.41) is 8.93. The minimum Gasteiger partial charge on any atom is -0.489 e. The summed E-state index contributed by atoms with van der Waals surface area (Å²) in [6.07, 6.45) is 1.23. The number of nitrogens with zero attached hydrogens (tertiary/aromatic N) is 3. The molecule has 0 aromatic carbocycles. The van der Waals surface area contributed by atoms with Gasteiger partial charge in [0, 0.05) is 13.1 Å². The maximum absolute atomic E-state index is 11.6. The van der Waals surface area contributed by atoms with Crippen molar-refractivity contribution in [1.82, 2.24) is 14.9 Å². The number of carboxylic acids is 1. The molecule has 106 valence electrons. The number of aliphatic carboxylic acids is 1. The van der Waals surface area contributed by atoms with Crippen LogP contribution in [0.4, 0.5) is 5.82 Å². The molecule has 19 heavy (non-hydrogen) atoms. The predicted octanol–water partition coefficient (Wildman–Crippen LogP) is -0.769. The van der Waals surface area contributed by atoms with Crippen LogP contribution in [0.15, 0.2) is 11.1 Å². The summed E-state index contributed by atoms with van der Waals surface area (Å²) in [5.74, 6) is -0.749. The van der Waals surface area contributed by atoms with E-state index in [2.05, 4.69) is 9.97 Å². The molecule has 0 atom stereocenters. The molecule has 0 unspecified atom stereocenters. The zero-order chi connectivity index (χ0) is 14.4. The number of carbonyl (C=O) groups is 1. The van der Waals surface area contributed by atoms with Crippen LogP contribution < -0.4 is 15.2 Å². The highest BCUT2D eigenvalue weighted by Gasteiger charge is 2.18. The Morgan fingerprint density at radius 1 is 1.47 bits per heavy atom. The summed E-state index contributed by atoms with van der Waals surface area (Å²) >= 11 is 0. The molecule has 1 rings (SSSR count). The van der Waals surface area contributed by atoms with E-state index in [0.717, 1.165) is 0 Å². The quantitative estimate of drug-likeness (QED) is 0.671. The summed E-state index contributed by atoms with van der Waals surface area (Å²) in [5.41, 5.74) is -0.437. The van der Waals surface area contributed by atoms with Gasteiger partial charge in [-0.05, 0) is 14.1 Å². The monoisotopic (exact) mass is 270 g/mol. The van der Waals surface area contributed by atoms with E-state index in [1.165, 1.54) is 18.3 Å². The second kappa shape index (κ2) is 6.74. The Kier molecular flexibility index (Phi) is 5.31. The largest absolute Gasteiger partial charge is 0.489 e. The number of aromatic amines is 1. The average molecular weight is 270 g/mol. The lowest BCUT2D eigenvalue weighted by molar-refractivity contribution is -0.135. The first-order valence-electron chi connectivity index (χ1n) is 5.68. The van der Waals surface area contributed by atoms with Gasteiger partial charge in [0.2, 0.25) is 5.75 Å². The van der Waals surface area contributed by atoms with Crippen LogP contribution in [-0.2, 0) is 4.79 Å². The highest BCUT2D eigenvalue weighted by Crippen LogP contribution is 2.19. The van der Waals surface area contributed by atoms with Crippen molar-refractivity contribution in [3.8, 4) is 5.75 Å². The third-order valence-corrected chi connectivity index (χ3v) is 2.44. The van der Waals surface area contributed by atoms with E-state index in [4.69, 9.17) is 9.84 Å². The standard InChI is InChI=1S/C11H18N4O4/c1-14(2)4-5-15(6-8(16)17)10-9(19-3)11(18)13-7-12-10/h7H,4-6H2,1-3H3,(H,16,17)(H,12,13,18). The maximum atomic E-state index is 11.6. The van der Waals surface area contributed by atoms with Gasteiger partial charge in [-0.15, -0.1) is 0 Å². The van der Waals surface area contributed by atoms with Crippen LogP contribution in [0.25, 0.3) is 0 Å². The zero-order valence-electron chi connectivity index (χ0n) is 11.2. The Morgan fingerprint density at radius 3 is 2.68 bits per heavy atom. The number of anilines is 1. The normalized spacial score (nSPS) is 10.5. The van der Waals surface area contributed by atoms with Crippen molar-refractivity contribution in [3.05, 3.63) is 16.7 Å². The lowest BCUT2D eigenvalue weighted by atomic mass is 10.4. The average Bonchev–Trinajstić information content (AvgIpc) is 2.33. The first-order valence-corrected chi connectivity index (χ1v) is 5.68. The third-order valence-electron chi connectivity index (χ3n) is 2.44. The Balaban J connectivity index is 3.05. The van der Waals surface area contributed by atoms with E-state index in [9.17, 15) is 9.59 Å². The van der Waals surface area contributed by atoms with Gasteiger partial charge in [0.05, 0.1) is 13.4 Å². The highest BCUT2D eigenvalue weighted by molar-refractivity contribution is 5.74. The molecule has 1 heterocycles. The zero-order valence-corrected chi connectivity index (χ0v) is 11.2. The number of carboxylic acid groups (broad SMARTS) is 1. The number of likely N-dealkylation sites (N-methyl/N-ethyl adjacent to an activating group) is 1. The van der Waals surface area contributed by atoms with Crippen molar-refractivity contribution in [2.75, 3.05) is 45.7 Å². The van der Waals surface area contributed by atoms with Gasteiger partial charge in [0.15, 0.2) is 5.82 Å². The summed E-state index contributed by atoms with van der Waals surface area (Å²) in [4.78, 5) is 32.3. The fourth-order valence-corrected chi connectivity index (χ4v) is 1.53. The number of aromatic nitrogens is 2. The van der Waals surface area contributed by atoms with Crippen molar-refractivity contribution in [3.63, 3.8) is 0 Å². The molecule has 8 nitrogen and oxygen atoms in total. The number of rotatable bonds is 7. The van der Waals surface area contributed by atoms with Crippen molar-refractivity contribution >= 4 is 11.8 Å². The van der Waals surface area contributed by atoms with Crippen LogP contribution >= 0.6 is 0 Å². The van der Waals surface area contributed by atoms with E-state index in [1.54, 1.807) is 0 Å². The molecule has 0 saturated carbocycles. The molecule has 0 bridgehead atoms. The number of H-pyrrole nitrogens is 1. The predicted molar refractivity (Wildman–Crippen MR) is 69.8 cm³/mol. The number of hydrogen-bond donors (Lipinski definition) is 2. The lowest BCUT2D eigenvalue weighted by Crippen LogP contribution is -2.37. The van der Waals surface area contributed by atoms with Crippen LogP contribution in [-0.4, -0.2) is 66.8 Å². The first kappa shape index (κ1) is 15.0. The summed E-state index contributed by atoms with van der Waals surface area (Å²) in [6, 6.07) is 0. The number of nitrogens with one attached hydrogen (secondary N) is 1. The molecule has 1 aromatic rings. The van der Waals surface area contributed by atoms with E-state index in [0.29, 0.717) is 13.1 Å². The van der Waals surface area contributed by atoms with Gasteiger partial charge in [-0.3, -0.25) is 9.59 Å². The van der Waals surface area contributed by atoms with E-state index < -0.39 is 11.5 Å². The molecule has 0 radical (unpaired) electrons. The van der Waals surface area contributed by atoms with Crippen molar-refractivity contribution in [2.24, 2.45) is 0 Å². The third kappa shape index (κ3) is 4.25. The van der Waals surface area contributed by atoms with Gasteiger partial charge >= 0.3 is 5.97 Å². The molecule has 2 N–H and O–H groups in total. The second-order valence-corrected chi connectivity index (χ2v) is 4.21. The molecular formula is C11H18N4O4. The molecule has 0 aliphatic carbocycles. The lowest BCUT2D eigenvalue weighted by Gasteiger charge is -2.24. The topological polar surface area (TPSA) is 98.8 Å². The molecular weight excluding hydrogens is 252 g/mol. The van der Waals surface area contributed by atoms with Gasteiger partial charge in [0.1, 0.15) is 6.54 Å². The first-order chi connectivity index (χ1) is 8.95. The highest BCUT2D eigenvalue weighted by atomic mass is 16.5. The summed E-state index contributed by atoms with van der Waals surface area (Å²) in [7, 11) is 5.10. The van der Waals surface area contributed by atoms with Crippen LogP contribution in [0.3, 0.4) is 0 Å². The fourth-order valence-electron chi connectivity index (χ4n) is 1.53. The van der Waals surface area contributed by atoms with Gasteiger partial charge < -0.3 is 24.6 Å². The minimum atomic E-state index is -0.997. The van der Waals surface area contributed by atoms with E-state index in [1.807, 2.05) is 19.0 Å². The summed E-state index contributed by atoms with van der Waals surface area (Å²) in [6.45, 7) is 0.803. The molecule has 8 heteroatoms. The van der Waals surface area contributed by atoms with Crippen LogP contribution in [0.1, 0.15) is 0 Å². The van der Waals surface area contributed by atoms with Crippen molar-refractivity contribution in [1.29, 1.82) is 0 Å². The van der Waals surface area contributed by atoms with Gasteiger partial charge in [-0.1, -0.05) is 0 Å². The van der Waals surface area contributed by atoms with Gasteiger partial charge in [-0.2, -0.15) is 0 Å². The van der Waals surface area contributed by atoms with Crippen LogP contribution in [0, 0.1) is 0 Å². The SMILES string of the molecule is COc1c(N(CCN(C)C)CC(=O)O)nc[nH]c1=O. The number of hydrogen-bond acceptors (Lipinski definition) is 6. The molecule has 0 saturated heterocycles. The fraction of sp³-hybridized carbons (Fsp3) is 0.545. The Bertz CT molecular complexity index is 486. The Hall–Kier alpha value is -2.09. The molecule has 0 fully saturated rings. The van der Waals surface area contributed by atoms with Gasteiger partial charge in [0.25, 0.3) is 5.56 Å². The molecule has 0 aliphatic rings. The molecule has 0 amide bonds. The maximum Gasteiger partial charge on any atom is 0.323 e. The molecule has 1 aromatic heterocycles. The van der Waals surface area contributed by atoms with E-state index in [-0.39, 0.29) is 18.1 Å². The van der Waals surface area contributed by atoms with Crippen molar-refractivity contribution in [2.45, 2.75) is 0 Å². The second-order valence-electron chi connectivity index (χ2n) is 4.21. The number of methoxy groups -OCH3 is 1. The minimum absolute atomic E-state index is 0.0162. The Labute approximate surface area is 110 Å². The van der Waals surface area contributed by atoms with Crippen LogP contribution in [0.2, 0.25) is 0 Å². The molecule has 0 aliphatic heterocycles. The summed E-state index contributed by atoms with van der Waals surface area (Å²) < 4.78 is 4.99. The van der Waals surface area contributed by atoms with Crippen LogP contribution in [0.5, 0.6) is 5.75 Å². The smallest absolute Gasteiger partial charge is 0.323 e. The van der Waals surface area contributed by atoms with Crippen molar-refractivity contribution < 1.29 is 14.6 Å². The van der Waals surface area contributed by atoms with E-state index >= 15 is 0 Å².